The summed E-state index contributed by atoms with van der Waals surface area (Å²) in [6.45, 7) is 4.29. The number of thiazole rings is 1. The summed E-state index contributed by atoms with van der Waals surface area (Å²) in [5.41, 5.74) is 0. The molecule has 2 aromatic heterocycles. The lowest BCUT2D eigenvalue weighted by Gasteiger charge is -2.36. The summed E-state index contributed by atoms with van der Waals surface area (Å²) in [5, 5.41) is 4.73. The molecule has 10 heteroatoms. The number of hydrogen-bond donors (Lipinski definition) is 0. The molecule has 150 valence electrons. The molecule has 5 heterocycles. The third kappa shape index (κ3) is 3.08. The zero-order valence-electron chi connectivity index (χ0n) is 15.6. The number of anilines is 1. The van der Waals surface area contributed by atoms with Gasteiger partial charge in [0.05, 0.1) is 23.2 Å². The number of ether oxygens (including phenoxy) is 1. The zero-order valence-corrected chi connectivity index (χ0v) is 16.4. The van der Waals surface area contributed by atoms with E-state index in [1.54, 1.807) is 6.20 Å². The minimum Gasteiger partial charge on any atom is -0.381 e. The van der Waals surface area contributed by atoms with E-state index in [9.17, 15) is 9.18 Å². The summed E-state index contributed by atoms with van der Waals surface area (Å²) in [6.07, 6.45) is 3.05. The Morgan fingerprint density at radius 3 is 2.82 bits per heavy atom. The normalized spacial score (nSPS) is 26.2. The van der Waals surface area contributed by atoms with Crippen molar-refractivity contribution >= 4 is 22.4 Å². The molecule has 2 aromatic rings. The van der Waals surface area contributed by atoms with E-state index in [0.29, 0.717) is 25.1 Å². The number of rotatable bonds is 4. The van der Waals surface area contributed by atoms with Crippen LogP contribution in [0.15, 0.2) is 10.7 Å². The van der Waals surface area contributed by atoms with Crippen molar-refractivity contribution in [2.45, 2.75) is 44.4 Å². The molecule has 0 aromatic carbocycles. The second kappa shape index (κ2) is 7.07. The Labute approximate surface area is 165 Å². The predicted molar refractivity (Wildman–Crippen MR) is 99.7 cm³/mol. The van der Waals surface area contributed by atoms with Crippen LogP contribution < -0.4 is 4.90 Å². The smallest absolute Gasteiger partial charge is 0.261 e. The van der Waals surface area contributed by atoms with Crippen molar-refractivity contribution < 1.29 is 18.4 Å². The average molecular weight is 407 g/mol. The largest absolute Gasteiger partial charge is 0.381 e. The minimum absolute atomic E-state index is 0.0209. The van der Waals surface area contributed by atoms with E-state index in [1.165, 1.54) is 18.3 Å². The Morgan fingerprint density at radius 1 is 1.32 bits per heavy atom. The van der Waals surface area contributed by atoms with Crippen molar-refractivity contribution in [3.8, 4) is 10.7 Å². The number of likely N-dealkylation sites (tertiary alicyclic amines) is 1. The summed E-state index contributed by atoms with van der Waals surface area (Å²) >= 11 is 1.47. The highest BCUT2D eigenvalue weighted by atomic mass is 32.1. The molecular formula is C18H22FN5O3S. The number of halogens is 1. The third-order valence-corrected chi connectivity index (χ3v) is 6.87. The maximum Gasteiger partial charge on any atom is 0.261 e. The lowest BCUT2D eigenvalue weighted by molar-refractivity contribution is -0.139. The summed E-state index contributed by atoms with van der Waals surface area (Å²) in [7, 11) is 0. The molecule has 8 nitrogen and oxygen atoms in total. The lowest BCUT2D eigenvalue weighted by atomic mass is 9.98. The van der Waals surface area contributed by atoms with Gasteiger partial charge in [0.2, 0.25) is 11.7 Å². The number of piperazine rings is 1. The Kier molecular flexibility index (Phi) is 4.54. The van der Waals surface area contributed by atoms with Gasteiger partial charge >= 0.3 is 0 Å². The maximum absolute atomic E-state index is 13.3. The van der Waals surface area contributed by atoms with Crippen LogP contribution >= 0.6 is 11.3 Å². The van der Waals surface area contributed by atoms with Crippen LogP contribution in [-0.4, -0.2) is 64.3 Å². The molecule has 2 bridgehead atoms. The highest BCUT2D eigenvalue weighted by molar-refractivity contribution is 7.18. The van der Waals surface area contributed by atoms with Gasteiger partial charge in [-0.15, -0.1) is 0 Å². The molecule has 3 aliphatic heterocycles. The fourth-order valence-corrected chi connectivity index (χ4v) is 5.27. The van der Waals surface area contributed by atoms with E-state index in [2.05, 4.69) is 24.9 Å². The van der Waals surface area contributed by atoms with Gasteiger partial charge in [0.15, 0.2) is 11.3 Å². The predicted octanol–water partition coefficient (Wildman–Crippen LogP) is 2.44. The molecule has 28 heavy (non-hydrogen) atoms. The minimum atomic E-state index is -1.29. The number of fused-ring (bicyclic) bond motifs is 2. The van der Waals surface area contributed by atoms with E-state index in [1.807, 2.05) is 0 Å². The lowest BCUT2D eigenvalue weighted by Crippen LogP contribution is -2.51. The van der Waals surface area contributed by atoms with Crippen molar-refractivity contribution in [1.29, 1.82) is 0 Å². The molecular weight excluding hydrogens is 385 g/mol. The number of carbonyl (C=O) groups excluding carboxylic acids is 1. The molecule has 3 saturated heterocycles. The van der Waals surface area contributed by atoms with Crippen LogP contribution in [0.5, 0.6) is 0 Å². The first-order valence-electron chi connectivity index (χ1n) is 9.69. The topological polar surface area (TPSA) is 84.6 Å². The summed E-state index contributed by atoms with van der Waals surface area (Å²) in [4.78, 5) is 26.6. The van der Waals surface area contributed by atoms with Crippen molar-refractivity contribution in [2.24, 2.45) is 5.92 Å². The van der Waals surface area contributed by atoms with Crippen LogP contribution in [0.3, 0.4) is 0 Å². The maximum atomic E-state index is 13.3. The van der Waals surface area contributed by atoms with Gasteiger partial charge < -0.3 is 19.1 Å². The first-order chi connectivity index (χ1) is 13.6. The monoisotopic (exact) mass is 407 g/mol. The molecule has 3 fully saturated rings. The van der Waals surface area contributed by atoms with E-state index in [-0.39, 0.29) is 23.8 Å². The Hall–Kier alpha value is -2.07. The second-order valence-corrected chi connectivity index (χ2v) is 8.66. The summed E-state index contributed by atoms with van der Waals surface area (Å²) in [5.74, 6) is 0.740. The van der Waals surface area contributed by atoms with Crippen molar-refractivity contribution in [3.63, 3.8) is 0 Å². The van der Waals surface area contributed by atoms with Crippen LogP contribution in [0.4, 0.5) is 9.52 Å². The van der Waals surface area contributed by atoms with Gasteiger partial charge in [-0.3, -0.25) is 4.79 Å². The zero-order chi connectivity index (χ0) is 19.3. The molecule has 0 N–H and O–H groups in total. The van der Waals surface area contributed by atoms with Gasteiger partial charge in [0.25, 0.3) is 5.89 Å². The average Bonchev–Trinajstić information content (AvgIpc) is 3.50. The number of nitrogens with zero attached hydrogens (tertiary/aromatic N) is 5. The molecule has 1 amide bonds. The van der Waals surface area contributed by atoms with Gasteiger partial charge in [0.1, 0.15) is 0 Å². The van der Waals surface area contributed by atoms with Crippen LogP contribution in [0.25, 0.3) is 10.7 Å². The first-order valence-corrected chi connectivity index (χ1v) is 10.5. The number of amides is 1. The molecule has 3 aliphatic rings. The van der Waals surface area contributed by atoms with Gasteiger partial charge in [-0.1, -0.05) is 16.5 Å². The fraction of sp³-hybridized carbons (Fsp3) is 0.667. The summed E-state index contributed by atoms with van der Waals surface area (Å²) in [6, 6.07) is 0.538. The molecule has 5 rings (SSSR count). The van der Waals surface area contributed by atoms with Crippen LogP contribution in [-0.2, 0) is 9.53 Å². The molecule has 0 saturated carbocycles. The number of alkyl halides is 1. The standard InChI is InChI=1S/C18H22FN5O3S/c1-10(19)16-21-15(22-27-16)14-7-20-18(28-14)24-9-12-6-13(24)8-23(12)17(25)11-2-4-26-5-3-11/h7,10-13H,2-6,8-9H2,1H3. The highest BCUT2D eigenvalue weighted by Gasteiger charge is 2.47. The van der Waals surface area contributed by atoms with Crippen LogP contribution in [0.2, 0.25) is 0 Å². The number of carbonyl (C=O) groups is 1. The fourth-order valence-electron chi connectivity index (χ4n) is 4.35. The molecule has 0 radical (unpaired) electrons. The molecule has 0 spiro atoms. The van der Waals surface area contributed by atoms with E-state index in [4.69, 9.17) is 9.26 Å². The Morgan fingerprint density at radius 2 is 2.14 bits per heavy atom. The quantitative estimate of drug-likeness (QED) is 0.770. The van der Waals surface area contributed by atoms with Gasteiger partial charge in [-0.2, -0.15) is 4.98 Å². The van der Waals surface area contributed by atoms with Gasteiger partial charge in [0, 0.05) is 32.2 Å². The SMILES string of the molecule is CC(F)c1nc(-c2cnc(N3CC4CC3CN4C(=O)C3CCOCC3)s2)no1. The second-order valence-electron chi connectivity index (χ2n) is 7.65. The molecule has 0 aliphatic carbocycles. The Bertz CT molecular complexity index is 865. The third-order valence-electron chi connectivity index (χ3n) is 5.84. The number of hydrogen-bond acceptors (Lipinski definition) is 8. The first kappa shape index (κ1) is 18.0. The molecule has 3 unspecified atom stereocenters. The van der Waals surface area contributed by atoms with Crippen molar-refractivity contribution in [1.82, 2.24) is 20.0 Å². The van der Waals surface area contributed by atoms with Crippen LogP contribution in [0, 0.1) is 5.92 Å². The van der Waals surface area contributed by atoms with E-state index in [0.717, 1.165) is 42.4 Å². The van der Waals surface area contributed by atoms with Crippen molar-refractivity contribution in [3.05, 3.63) is 12.1 Å². The van der Waals surface area contributed by atoms with Gasteiger partial charge in [-0.25, -0.2) is 9.37 Å². The summed E-state index contributed by atoms with van der Waals surface area (Å²) < 4.78 is 23.6. The van der Waals surface area contributed by atoms with Crippen LogP contribution in [0.1, 0.15) is 38.2 Å². The molecule has 3 atom stereocenters. The number of aromatic nitrogens is 3. The van der Waals surface area contributed by atoms with E-state index < -0.39 is 6.17 Å². The van der Waals surface area contributed by atoms with Gasteiger partial charge in [-0.05, 0) is 26.2 Å². The van der Waals surface area contributed by atoms with Crippen molar-refractivity contribution in [2.75, 3.05) is 31.2 Å². The van der Waals surface area contributed by atoms with E-state index >= 15 is 0 Å². The highest BCUT2D eigenvalue weighted by Crippen LogP contribution is 2.39. The Balaban J connectivity index is 1.26.